The summed E-state index contributed by atoms with van der Waals surface area (Å²) >= 11 is 0. The third-order valence-corrected chi connectivity index (χ3v) is 18.2. The molecule has 0 radical (unpaired) electrons. The molecule has 10 heteroatoms. The zero-order valence-corrected chi connectivity index (χ0v) is 58.0. The molecule has 500 valence electrons. The van der Waals surface area contributed by atoms with Gasteiger partial charge in [-0.3, -0.25) is 14.2 Å². The monoisotopic (exact) mass is 1210 g/mol. The number of unbranched alkanes of at least 4 members (excludes halogenated alkanes) is 55. The van der Waals surface area contributed by atoms with Gasteiger partial charge in [-0.05, 0) is 38.5 Å². The second-order valence-electron chi connectivity index (χ2n) is 27.0. The fourth-order valence-corrected chi connectivity index (χ4v) is 12.3. The van der Waals surface area contributed by atoms with Crippen LogP contribution in [0.1, 0.15) is 399 Å². The highest BCUT2D eigenvalue weighted by Gasteiger charge is 2.22. The first-order chi connectivity index (χ1) is 41.0. The van der Waals surface area contributed by atoms with Crippen molar-refractivity contribution in [2.75, 3.05) is 47.5 Å². The first-order valence-electron chi connectivity index (χ1n) is 37.4. The van der Waals surface area contributed by atoms with Crippen LogP contribution in [0.2, 0.25) is 0 Å². The highest BCUT2D eigenvalue weighted by atomic mass is 31.2. The predicted octanol–water partition coefficient (Wildman–Crippen LogP) is 23.7. The molecule has 0 bridgehead atoms. The molecule has 0 N–H and O–H groups in total. The third-order valence-electron chi connectivity index (χ3n) is 17.3. The largest absolute Gasteiger partial charge is 0.756 e. The molecule has 2 atom stereocenters. The van der Waals surface area contributed by atoms with E-state index in [4.69, 9.17) is 18.5 Å². The van der Waals surface area contributed by atoms with Gasteiger partial charge in [-0.15, -0.1) is 0 Å². The number of hydrogen-bond donors (Lipinski definition) is 0. The van der Waals surface area contributed by atoms with Crippen molar-refractivity contribution in [1.29, 1.82) is 0 Å². The van der Waals surface area contributed by atoms with Crippen LogP contribution in [0.25, 0.3) is 0 Å². The first kappa shape index (κ1) is 82.8. The maximum absolute atomic E-state index is 12.8. The second kappa shape index (κ2) is 66.2. The fourth-order valence-electron chi connectivity index (χ4n) is 11.5. The maximum atomic E-state index is 12.8. The summed E-state index contributed by atoms with van der Waals surface area (Å²) in [5, 5.41) is 0. The second-order valence-corrected chi connectivity index (χ2v) is 28.4. The predicted molar refractivity (Wildman–Crippen MR) is 361 cm³/mol. The van der Waals surface area contributed by atoms with Crippen LogP contribution >= 0.6 is 7.82 Å². The number of rotatable bonds is 71. The van der Waals surface area contributed by atoms with E-state index in [1.165, 1.54) is 327 Å². The number of nitrogens with zero attached hydrogens (tertiary/aromatic N) is 1. The van der Waals surface area contributed by atoms with Gasteiger partial charge in [-0.25, -0.2) is 0 Å². The van der Waals surface area contributed by atoms with Gasteiger partial charge in [-0.2, -0.15) is 0 Å². The van der Waals surface area contributed by atoms with Crippen molar-refractivity contribution in [3.8, 4) is 0 Å². The number of likely N-dealkylation sites (N-methyl/N-ethyl adjacent to an activating group) is 1. The van der Waals surface area contributed by atoms with Crippen LogP contribution in [-0.4, -0.2) is 70.0 Å². The Labute approximate surface area is 524 Å². The summed E-state index contributed by atoms with van der Waals surface area (Å²) in [6.45, 7) is 4.32. The van der Waals surface area contributed by atoms with Gasteiger partial charge in [0.1, 0.15) is 19.8 Å². The van der Waals surface area contributed by atoms with Crippen molar-refractivity contribution in [3.05, 3.63) is 12.2 Å². The lowest BCUT2D eigenvalue weighted by Crippen LogP contribution is -2.37. The lowest BCUT2D eigenvalue weighted by Gasteiger charge is -2.28. The molecule has 0 rings (SSSR count). The van der Waals surface area contributed by atoms with Crippen LogP contribution in [0.3, 0.4) is 0 Å². The lowest BCUT2D eigenvalue weighted by molar-refractivity contribution is -0.870. The van der Waals surface area contributed by atoms with Gasteiger partial charge < -0.3 is 27.9 Å². The minimum absolute atomic E-state index is 0.0272. The summed E-state index contributed by atoms with van der Waals surface area (Å²) < 4.78 is 34.3. The van der Waals surface area contributed by atoms with Crippen molar-refractivity contribution < 1.29 is 42.1 Å². The molecule has 0 aliphatic heterocycles. The Kier molecular flexibility index (Phi) is 65.2. The normalized spacial score (nSPS) is 13.1. The minimum atomic E-state index is -4.64. The van der Waals surface area contributed by atoms with E-state index in [1.807, 2.05) is 21.1 Å². The van der Waals surface area contributed by atoms with Crippen molar-refractivity contribution in [3.63, 3.8) is 0 Å². The first-order valence-corrected chi connectivity index (χ1v) is 38.9. The molecule has 9 nitrogen and oxygen atoms in total. The summed E-state index contributed by atoms with van der Waals surface area (Å²) in [5.74, 6) is -0.812. The van der Waals surface area contributed by atoms with Crippen molar-refractivity contribution in [1.82, 2.24) is 0 Å². The summed E-state index contributed by atoms with van der Waals surface area (Å²) in [5.41, 5.74) is 0. The minimum Gasteiger partial charge on any atom is -0.756 e. The van der Waals surface area contributed by atoms with Crippen LogP contribution < -0.4 is 4.89 Å². The number of carbonyl (C=O) groups excluding carboxylic acids is 2. The van der Waals surface area contributed by atoms with Gasteiger partial charge in [-0.1, -0.05) is 360 Å². The molecule has 0 spiro atoms. The van der Waals surface area contributed by atoms with E-state index in [-0.39, 0.29) is 32.0 Å². The number of esters is 2. The number of hydrogen-bond acceptors (Lipinski definition) is 8. The molecule has 0 aromatic carbocycles. The Bertz CT molecular complexity index is 1420. The molecule has 0 heterocycles. The number of ether oxygens (including phenoxy) is 2. The molecular weight excluding hydrogens is 1060 g/mol. The van der Waals surface area contributed by atoms with Crippen LogP contribution in [0.4, 0.5) is 0 Å². The molecule has 0 fully saturated rings. The standard InChI is InChI=1S/C74H146NO8P/c1-6-8-10-12-14-16-18-20-22-24-26-28-29-30-31-32-33-34-35-36-37-38-39-40-41-42-43-44-45-47-48-50-52-54-56-58-60-62-64-66-73(76)80-70-72(71-82-84(78,79)81-69-68-75(3,4)5)83-74(77)67-65-63-61-59-57-55-53-51-49-46-27-25-23-21-19-17-15-13-11-9-7-2/h25,27,72H,6-24,26,28-71H2,1-5H3/b27-25-. The van der Waals surface area contributed by atoms with Gasteiger partial charge in [0.15, 0.2) is 6.10 Å². The van der Waals surface area contributed by atoms with E-state index in [0.717, 1.165) is 38.5 Å². The zero-order valence-electron chi connectivity index (χ0n) is 57.1. The topological polar surface area (TPSA) is 111 Å². The van der Waals surface area contributed by atoms with Gasteiger partial charge in [0.05, 0.1) is 27.7 Å². The average Bonchev–Trinajstić information content (AvgIpc) is 3.61. The summed E-state index contributed by atoms with van der Waals surface area (Å²) in [6.07, 6.45) is 81.9. The Morgan fingerprint density at radius 3 is 0.881 bits per heavy atom. The SMILES string of the molecule is CCCCCCCCCC/C=C\CCCCCCCCCCCC(=O)OC(COC(=O)CCCCCCCCCCCCCCCCCCCCCCCCCCCCCCCCCCCCCCCCC)COP(=O)([O-])OCC[N+](C)(C)C. The van der Waals surface area contributed by atoms with E-state index in [1.54, 1.807) is 0 Å². The van der Waals surface area contributed by atoms with Gasteiger partial charge in [0, 0.05) is 12.8 Å². The van der Waals surface area contributed by atoms with E-state index in [0.29, 0.717) is 17.4 Å². The van der Waals surface area contributed by atoms with E-state index in [2.05, 4.69) is 26.0 Å². The summed E-state index contributed by atoms with van der Waals surface area (Å²) in [6, 6.07) is 0. The Hall–Kier alpha value is -1.25. The smallest absolute Gasteiger partial charge is 0.306 e. The number of carbonyl (C=O) groups is 2. The quantitative estimate of drug-likeness (QED) is 0.0195. The van der Waals surface area contributed by atoms with Crippen LogP contribution in [-0.2, 0) is 32.7 Å². The summed E-state index contributed by atoms with van der Waals surface area (Å²) in [7, 11) is 1.19. The Balaban J connectivity index is 3.86. The van der Waals surface area contributed by atoms with Crippen molar-refractivity contribution in [2.45, 2.75) is 405 Å². The zero-order chi connectivity index (χ0) is 61.2. The number of phosphoric acid groups is 1. The number of phosphoric ester groups is 1. The number of quaternary nitrogens is 1. The van der Waals surface area contributed by atoms with Crippen LogP contribution in [0.5, 0.6) is 0 Å². The molecule has 0 aliphatic rings. The van der Waals surface area contributed by atoms with Gasteiger partial charge in [0.2, 0.25) is 0 Å². The van der Waals surface area contributed by atoms with Crippen molar-refractivity contribution >= 4 is 19.8 Å². The Morgan fingerprint density at radius 2 is 0.607 bits per heavy atom. The molecular formula is C74H146NO8P. The molecule has 0 amide bonds. The Morgan fingerprint density at radius 1 is 0.357 bits per heavy atom. The molecule has 84 heavy (non-hydrogen) atoms. The molecule has 0 aromatic heterocycles. The van der Waals surface area contributed by atoms with E-state index >= 15 is 0 Å². The van der Waals surface area contributed by atoms with E-state index in [9.17, 15) is 19.0 Å². The summed E-state index contributed by atoms with van der Waals surface area (Å²) in [4.78, 5) is 38.0. The maximum Gasteiger partial charge on any atom is 0.306 e. The molecule has 0 aliphatic carbocycles. The third kappa shape index (κ3) is 69.8. The van der Waals surface area contributed by atoms with E-state index < -0.39 is 26.5 Å². The fraction of sp³-hybridized carbons (Fsp3) is 0.946. The number of allylic oxidation sites excluding steroid dienone is 2. The molecule has 0 saturated heterocycles. The van der Waals surface area contributed by atoms with Crippen molar-refractivity contribution in [2.24, 2.45) is 0 Å². The highest BCUT2D eigenvalue weighted by Crippen LogP contribution is 2.38. The van der Waals surface area contributed by atoms with Gasteiger partial charge in [0.25, 0.3) is 7.82 Å². The average molecular weight is 1210 g/mol. The lowest BCUT2D eigenvalue weighted by atomic mass is 10.0. The van der Waals surface area contributed by atoms with Crippen LogP contribution in [0.15, 0.2) is 12.2 Å². The molecule has 2 unspecified atom stereocenters. The molecule has 0 saturated carbocycles. The van der Waals surface area contributed by atoms with Gasteiger partial charge >= 0.3 is 11.9 Å². The van der Waals surface area contributed by atoms with Crippen LogP contribution in [0, 0.1) is 0 Å². The molecule has 0 aromatic rings. The highest BCUT2D eigenvalue weighted by molar-refractivity contribution is 7.45.